The first-order valence-electron chi connectivity index (χ1n) is 5.89. The molecule has 0 unspecified atom stereocenters. The Morgan fingerprint density at radius 3 is 2.78 bits per heavy atom. The molecule has 0 aliphatic heterocycles. The molecular formula is C13H17F2NO2. The van der Waals surface area contributed by atoms with Crippen molar-refractivity contribution in [3.8, 4) is 0 Å². The predicted octanol–water partition coefficient (Wildman–Crippen LogP) is 3.11. The Morgan fingerprint density at radius 2 is 2.06 bits per heavy atom. The molecule has 1 rings (SSSR count). The van der Waals surface area contributed by atoms with Gasteiger partial charge in [-0.3, -0.25) is 4.79 Å². The van der Waals surface area contributed by atoms with E-state index in [0.29, 0.717) is 13.0 Å². The summed E-state index contributed by atoms with van der Waals surface area (Å²) in [7, 11) is 1.36. The van der Waals surface area contributed by atoms with E-state index >= 15 is 0 Å². The first-order valence-corrected chi connectivity index (χ1v) is 5.89. The number of rotatable bonds is 7. The lowest BCUT2D eigenvalue weighted by Crippen LogP contribution is -2.04. The lowest BCUT2D eigenvalue weighted by Gasteiger charge is -2.07. The summed E-state index contributed by atoms with van der Waals surface area (Å²) in [5.41, 5.74) is 0.169. The maximum absolute atomic E-state index is 13.2. The highest BCUT2D eigenvalue weighted by atomic mass is 19.1. The number of hydrogen-bond donors (Lipinski definition) is 1. The van der Waals surface area contributed by atoms with E-state index in [9.17, 15) is 13.6 Å². The largest absolute Gasteiger partial charge is 0.469 e. The Balaban J connectivity index is 2.18. The van der Waals surface area contributed by atoms with Crippen molar-refractivity contribution < 1.29 is 18.3 Å². The summed E-state index contributed by atoms with van der Waals surface area (Å²) in [6, 6.07) is 3.30. The van der Waals surface area contributed by atoms with Crippen LogP contribution in [-0.2, 0) is 9.53 Å². The Bertz CT molecular complexity index is 397. The molecule has 1 aromatic carbocycles. The molecule has 100 valence electrons. The molecule has 18 heavy (non-hydrogen) atoms. The number of hydrogen-bond acceptors (Lipinski definition) is 3. The van der Waals surface area contributed by atoms with Gasteiger partial charge in [-0.15, -0.1) is 0 Å². The second-order valence-electron chi connectivity index (χ2n) is 3.94. The zero-order chi connectivity index (χ0) is 13.4. The third kappa shape index (κ3) is 5.12. The molecule has 0 amide bonds. The maximum atomic E-state index is 13.2. The number of anilines is 1. The van der Waals surface area contributed by atoms with Gasteiger partial charge in [0, 0.05) is 13.0 Å². The van der Waals surface area contributed by atoms with Gasteiger partial charge in [0.1, 0.15) is 11.6 Å². The van der Waals surface area contributed by atoms with Crippen LogP contribution in [0.1, 0.15) is 25.7 Å². The van der Waals surface area contributed by atoms with Gasteiger partial charge in [0.05, 0.1) is 12.8 Å². The lowest BCUT2D eigenvalue weighted by atomic mass is 10.2. The summed E-state index contributed by atoms with van der Waals surface area (Å²) in [6.45, 7) is 0.543. The fourth-order valence-electron chi connectivity index (χ4n) is 1.53. The number of nitrogens with one attached hydrogen (secondary N) is 1. The van der Waals surface area contributed by atoms with Crippen LogP contribution in [0.15, 0.2) is 18.2 Å². The molecule has 0 atom stereocenters. The number of carbonyl (C=O) groups is 1. The van der Waals surface area contributed by atoms with Crippen LogP contribution in [0.2, 0.25) is 0 Å². The van der Waals surface area contributed by atoms with Crippen LogP contribution in [0.3, 0.4) is 0 Å². The highest BCUT2D eigenvalue weighted by Crippen LogP contribution is 2.15. The van der Waals surface area contributed by atoms with Crippen molar-refractivity contribution in [3.05, 3.63) is 29.8 Å². The van der Waals surface area contributed by atoms with Crippen molar-refractivity contribution in [2.45, 2.75) is 25.7 Å². The number of benzene rings is 1. The standard InChI is InChI=1S/C13H17F2NO2/c1-18-13(17)5-3-2-4-8-16-12-9-10(14)6-7-11(12)15/h6-7,9,16H,2-5,8H2,1H3. The number of unbranched alkanes of at least 4 members (excludes halogenated alkanes) is 2. The van der Waals surface area contributed by atoms with E-state index in [0.717, 1.165) is 37.5 Å². The minimum absolute atomic E-state index is 0.169. The second kappa shape index (κ2) is 7.63. The molecule has 0 bridgehead atoms. The quantitative estimate of drug-likeness (QED) is 0.602. The van der Waals surface area contributed by atoms with Crippen LogP contribution in [0.4, 0.5) is 14.5 Å². The van der Waals surface area contributed by atoms with Crippen LogP contribution >= 0.6 is 0 Å². The Hall–Kier alpha value is -1.65. The van der Waals surface area contributed by atoms with E-state index in [1.54, 1.807) is 0 Å². The van der Waals surface area contributed by atoms with Gasteiger partial charge < -0.3 is 10.1 Å². The number of methoxy groups -OCH3 is 1. The van der Waals surface area contributed by atoms with Gasteiger partial charge in [-0.25, -0.2) is 8.78 Å². The Morgan fingerprint density at radius 1 is 1.28 bits per heavy atom. The summed E-state index contributed by atoms with van der Waals surface area (Å²) in [6.07, 6.45) is 2.75. The molecule has 0 saturated heterocycles. The molecule has 0 aliphatic carbocycles. The smallest absolute Gasteiger partial charge is 0.305 e. The van der Waals surface area contributed by atoms with Gasteiger partial charge in [-0.1, -0.05) is 6.42 Å². The molecular weight excluding hydrogens is 240 g/mol. The van der Waals surface area contributed by atoms with Gasteiger partial charge in [0.25, 0.3) is 0 Å². The molecule has 0 aromatic heterocycles. The summed E-state index contributed by atoms with van der Waals surface area (Å²) in [5, 5.41) is 2.82. The molecule has 3 nitrogen and oxygen atoms in total. The van der Waals surface area contributed by atoms with Crippen molar-refractivity contribution in [3.63, 3.8) is 0 Å². The fraction of sp³-hybridized carbons (Fsp3) is 0.462. The number of esters is 1. The molecule has 0 radical (unpaired) electrons. The lowest BCUT2D eigenvalue weighted by molar-refractivity contribution is -0.140. The molecule has 0 spiro atoms. The van der Waals surface area contributed by atoms with E-state index in [2.05, 4.69) is 10.1 Å². The minimum atomic E-state index is -0.468. The number of halogens is 2. The van der Waals surface area contributed by atoms with E-state index in [4.69, 9.17) is 0 Å². The summed E-state index contributed by atoms with van der Waals surface area (Å²) < 4.78 is 30.6. The van der Waals surface area contributed by atoms with Crippen molar-refractivity contribution in [2.24, 2.45) is 0 Å². The van der Waals surface area contributed by atoms with Crippen molar-refractivity contribution in [1.29, 1.82) is 0 Å². The van der Waals surface area contributed by atoms with Crippen LogP contribution < -0.4 is 5.32 Å². The van der Waals surface area contributed by atoms with E-state index in [1.807, 2.05) is 0 Å². The topological polar surface area (TPSA) is 38.3 Å². The Labute approximate surface area is 105 Å². The molecule has 0 fully saturated rings. The fourth-order valence-corrected chi connectivity index (χ4v) is 1.53. The van der Waals surface area contributed by atoms with Gasteiger partial charge >= 0.3 is 5.97 Å². The highest BCUT2D eigenvalue weighted by Gasteiger charge is 2.03. The van der Waals surface area contributed by atoms with Gasteiger partial charge in [0.15, 0.2) is 0 Å². The number of carbonyl (C=O) groups excluding carboxylic acids is 1. The van der Waals surface area contributed by atoms with E-state index in [-0.39, 0.29) is 11.7 Å². The summed E-state index contributed by atoms with van der Waals surface area (Å²) in [5.74, 6) is -1.16. The molecule has 5 heteroatoms. The van der Waals surface area contributed by atoms with Crippen LogP contribution in [0.25, 0.3) is 0 Å². The Kier molecular flexibility index (Phi) is 6.11. The molecule has 1 aromatic rings. The predicted molar refractivity (Wildman–Crippen MR) is 65.3 cm³/mol. The third-order valence-corrected chi connectivity index (χ3v) is 2.53. The van der Waals surface area contributed by atoms with Gasteiger partial charge in [0.2, 0.25) is 0 Å². The van der Waals surface area contributed by atoms with Gasteiger partial charge in [-0.2, -0.15) is 0 Å². The maximum Gasteiger partial charge on any atom is 0.305 e. The van der Waals surface area contributed by atoms with Crippen LogP contribution in [0, 0.1) is 11.6 Å². The second-order valence-corrected chi connectivity index (χ2v) is 3.94. The molecule has 0 aliphatic rings. The average molecular weight is 257 g/mol. The van der Waals surface area contributed by atoms with E-state index in [1.165, 1.54) is 7.11 Å². The van der Waals surface area contributed by atoms with Crippen molar-refractivity contribution in [2.75, 3.05) is 19.0 Å². The minimum Gasteiger partial charge on any atom is -0.469 e. The summed E-state index contributed by atoms with van der Waals surface area (Å²) in [4.78, 5) is 10.8. The van der Waals surface area contributed by atoms with E-state index < -0.39 is 11.6 Å². The highest BCUT2D eigenvalue weighted by molar-refractivity contribution is 5.68. The van der Waals surface area contributed by atoms with Crippen LogP contribution in [-0.4, -0.2) is 19.6 Å². The van der Waals surface area contributed by atoms with Crippen molar-refractivity contribution in [1.82, 2.24) is 0 Å². The summed E-state index contributed by atoms with van der Waals surface area (Å²) >= 11 is 0. The van der Waals surface area contributed by atoms with Crippen LogP contribution in [0.5, 0.6) is 0 Å². The monoisotopic (exact) mass is 257 g/mol. The molecule has 0 saturated carbocycles. The normalized spacial score (nSPS) is 10.2. The third-order valence-electron chi connectivity index (χ3n) is 2.53. The average Bonchev–Trinajstić information content (AvgIpc) is 2.37. The van der Waals surface area contributed by atoms with Gasteiger partial charge in [-0.05, 0) is 31.0 Å². The van der Waals surface area contributed by atoms with Crippen molar-refractivity contribution >= 4 is 11.7 Å². The zero-order valence-corrected chi connectivity index (χ0v) is 10.3. The first-order chi connectivity index (χ1) is 8.63. The molecule has 1 N–H and O–H groups in total. The first kappa shape index (κ1) is 14.4. The number of ether oxygens (including phenoxy) is 1. The SMILES string of the molecule is COC(=O)CCCCCNc1cc(F)ccc1F. The molecule has 0 heterocycles. The zero-order valence-electron chi connectivity index (χ0n) is 10.3.